The van der Waals surface area contributed by atoms with Crippen LogP contribution in [0.25, 0.3) is 16.6 Å². The Hall–Kier alpha value is -4.56. The number of nitro groups is 1. The SMILES string of the molecule is Cc1c(C(=O)c2ccccc2)c2cc(OC(=O)c3cccc([N+](=O)[O-])c3)ccc2n1-c1ccc(Br)cc1. The first-order valence-corrected chi connectivity index (χ1v) is 12.1. The first-order chi connectivity index (χ1) is 17.8. The maximum atomic E-state index is 13.6. The number of halogens is 1. The number of hydrogen-bond donors (Lipinski definition) is 0. The molecule has 1 aromatic heterocycles. The second-order valence-electron chi connectivity index (χ2n) is 8.34. The van der Waals surface area contributed by atoms with Crippen molar-refractivity contribution >= 4 is 44.3 Å². The average Bonchev–Trinajstić information content (AvgIpc) is 3.20. The molecule has 0 unspecified atom stereocenters. The molecule has 37 heavy (non-hydrogen) atoms. The highest BCUT2D eigenvalue weighted by Gasteiger charge is 2.23. The van der Waals surface area contributed by atoms with Gasteiger partial charge in [-0.1, -0.05) is 52.3 Å². The Morgan fingerprint density at radius 1 is 0.865 bits per heavy atom. The average molecular weight is 555 g/mol. The number of fused-ring (bicyclic) bond motifs is 1. The van der Waals surface area contributed by atoms with Gasteiger partial charge in [0.1, 0.15) is 5.75 Å². The third-order valence-corrected chi connectivity index (χ3v) is 6.56. The van der Waals surface area contributed by atoms with E-state index in [9.17, 15) is 19.7 Å². The lowest BCUT2D eigenvalue weighted by molar-refractivity contribution is -0.384. The molecule has 0 aliphatic heterocycles. The second-order valence-corrected chi connectivity index (χ2v) is 9.26. The van der Waals surface area contributed by atoms with Crippen molar-refractivity contribution < 1.29 is 19.2 Å². The van der Waals surface area contributed by atoms with E-state index in [2.05, 4.69) is 15.9 Å². The molecule has 7 nitrogen and oxygen atoms in total. The molecule has 0 bridgehead atoms. The van der Waals surface area contributed by atoms with E-state index in [0.29, 0.717) is 16.5 Å². The van der Waals surface area contributed by atoms with Crippen LogP contribution in [-0.2, 0) is 0 Å². The highest BCUT2D eigenvalue weighted by Crippen LogP contribution is 2.34. The molecule has 0 radical (unpaired) electrons. The summed E-state index contributed by atoms with van der Waals surface area (Å²) in [5.41, 5.74) is 3.28. The van der Waals surface area contributed by atoms with Crippen molar-refractivity contribution in [1.82, 2.24) is 4.57 Å². The lowest BCUT2D eigenvalue weighted by Crippen LogP contribution is -2.09. The molecule has 0 fully saturated rings. The Morgan fingerprint density at radius 2 is 1.57 bits per heavy atom. The van der Waals surface area contributed by atoms with E-state index in [1.54, 1.807) is 30.3 Å². The fraction of sp³-hybridized carbons (Fsp3) is 0.0345. The van der Waals surface area contributed by atoms with Gasteiger partial charge in [-0.25, -0.2) is 4.79 Å². The summed E-state index contributed by atoms with van der Waals surface area (Å²) in [7, 11) is 0. The highest BCUT2D eigenvalue weighted by molar-refractivity contribution is 9.10. The normalized spacial score (nSPS) is 10.9. The van der Waals surface area contributed by atoms with E-state index in [1.165, 1.54) is 24.3 Å². The third kappa shape index (κ3) is 4.66. The number of benzene rings is 4. The molecule has 5 aromatic rings. The standard InChI is InChI=1S/C29H19BrN2O5/c1-18-27(28(33)19-6-3-2-4-7-19)25-17-24(37-29(34)20-8-5-9-23(16-20)32(35)36)14-15-26(25)31(18)22-12-10-21(30)11-13-22/h2-17H,1H3. The van der Waals surface area contributed by atoms with Crippen LogP contribution in [0.3, 0.4) is 0 Å². The molecule has 8 heteroatoms. The van der Waals surface area contributed by atoms with Gasteiger partial charge in [0.2, 0.25) is 0 Å². The van der Waals surface area contributed by atoms with Gasteiger partial charge in [-0.2, -0.15) is 0 Å². The number of rotatable bonds is 6. The number of ketones is 1. The number of nitro benzene ring substituents is 1. The van der Waals surface area contributed by atoms with Crippen LogP contribution in [0, 0.1) is 17.0 Å². The monoisotopic (exact) mass is 554 g/mol. The van der Waals surface area contributed by atoms with Crippen LogP contribution in [-0.4, -0.2) is 21.2 Å². The molecule has 0 spiro atoms. The van der Waals surface area contributed by atoms with Crippen molar-refractivity contribution in [3.05, 3.63) is 134 Å². The van der Waals surface area contributed by atoms with Gasteiger partial charge in [0.05, 0.1) is 21.6 Å². The molecule has 0 aliphatic carbocycles. The fourth-order valence-corrected chi connectivity index (χ4v) is 4.58. The van der Waals surface area contributed by atoms with E-state index in [0.717, 1.165) is 21.4 Å². The minimum absolute atomic E-state index is 0.0542. The summed E-state index contributed by atoms with van der Waals surface area (Å²) in [4.78, 5) is 36.9. The van der Waals surface area contributed by atoms with Crippen LogP contribution in [0.2, 0.25) is 0 Å². The number of ether oxygens (including phenoxy) is 1. The summed E-state index contributed by atoms with van der Waals surface area (Å²) < 4.78 is 8.49. The van der Waals surface area contributed by atoms with E-state index in [4.69, 9.17) is 4.74 Å². The predicted octanol–water partition coefficient (Wildman–Crippen LogP) is 7.06. The molecule has 0 amide bonds. The largest absolute Gasteiger partial charge is 0.423 e. The Morgan fingerprint density at radius 3 is 2.27 bits per heavy atom. The molecule has 0 atom stereocenters. The van der Waals surface area contributed by atoms with Crippen molar-refractivity contribution in [2.45, 2.75) is 6.92 Å². The molecule has 182 valence electrons. The Balaban J connectivity index is 1.62. The number of esters is 1. The molecular weight excluding hydrogens is 536 g/mol. The van der Waals surface area contributed by atoms with Gasteiger partial charge in [-0.3, -0.25) is 14.9 Å². The lowest BCUT2D eigenvalue weighted by Gasteiger charge is -2.09. The number of carbonyl (C=O) groups excluding carboxylic acids is 2. The van der Waals surface area contributed by atoms with Gasteiger partial charge in [0, 0.05) is 38.9 Å². The Bertz CT molecular complexity index is 1670. The van der Waals surface area contributed by atoms with Crippen molar-refractivity contribution in [2.24, 2.45) is 0 Å². The zero-order valence-electron chi connectivity index (χ0n) is 19.6. The van der Waals surface area contributed by atoms with Crippen molar-refractivity contribution in [3.8, 4) is 11.4 Å². The molecular formula is C29H19BrN2O5. The fourth-order valence-electron chi connectivity index (χ4n) is 4.32. The first kappa shape index (κ1) is 24.1. The molecule has 0 saturated carbocycles. The summed E-state index contributed by atoms with van der Waals surface area (Å²) in [5, 5.41) is 11.7. The van der Waals surface area contributed by atoms with Crippen molar-refractivity contribution in [3.63, 3.8) is 0 Å². The number of non-ortho nitro benzene ring substituents is 1. The number of hydrogen-bond acceptors (Lipinski definition) is 5. The van der Waals surface area contributed by atoms with Gasteiger partial charge >= 0.3 is 5.97 Å². The lowest BCUT2D eigenvalue weighted by atomic mass is 10.0. The molecule has 1 heterocycles. The maximum absolute atomic E-state index is 13.6. The van der Waals surface area contributed by atoms with Gasteiger partial charge < -0.3 is 9.30 Å². The van der Waals surface area contributed by atoms with Crippen LogP contribution in [0.15, 0.2) is 102 Å². The molecule has 4 aromatic carbocycles. The zero-order valence-corrected chi connectivity index (χ0v) is 21.1. The smallest absolute Gasteiger partial charge is 0.343 e. The van der Waals surface area contributed by atoms with Gasteiger partial charge in [-0.05, 0) is 55.5 Å². The minimum atomic E-state index is -0.733. The summed E-state index contributed by atoms with van der Waals surface area (Å²) in [6.45, 7) is 1.88. The van der Waals surface area contributed by atoms with Crippen LogP contribution in [0.1, 0.15) is 32.0 Å². The van der Waals surface area contributed by atoms with Crippen LogP contribution in [0.4, 0.5) is 5.69 Å². The second kappa shape index (κ2) is 9.83. The molecule has 5 rings (SSSR count). The summed E-state index contributed by atoms with van der Waals surface area (Å²) in [6.07, 6.45) is 0. The molecule has 0 saturated heterocycles. The number of nitrogens with zero attached hydrogens (tertiary/aromatic N) is 2. The number of aromatic nitrogens is 1. The highest BCUT2D eigenvalue weighted by atomic mass is 79.9. The van der Waals surface area contributed by atoms with E-state index in [1.807, 2.05) is 54.0 Å². The Labute approximate surface area is 220 Å². The van der Waals surface area contributed by atoms with Crippen molar-refractivity contribution in [2.75, 3.05) is 0 Å². The van der Waals surface area contributed by atoms with Crippen LogP contribution in [0.5, 0.6) is 5.75 Å². The Kier molecular flexibility index (Phi) is 6.42. The van der Waals surface area contributed by atoms with Crippen LogP contribution >= 0.6 is 15.9 Å². The summed E-state index contributed by atoms with van der Waals surface area (Å²) in [6, 6.07) is 27.2. The molecule has 0 N–H and O–H groups in total. The third-order valence-electron chi connectivity index (χ3n) is 6.03. The van der Waals surface area contributed by atoms with E-state index in [-0.39, 0.29) is 22.8 Å². The van der Waals surface area contributed by atoms with Gasteiger partial charge in [-0.15, -0.1) is 0 Å². The van der Waals surface area contributed by atoms with Gasteiger partial charge in [0.25, 0.3) is 5.69 Å². The summed E-state index contributed by atoms with van der Waals surface area (Å²) >= 11 is 3.46. The first-order valence-electron chi connectivity index (χ1n) is 11.3. The quantitative estimate of drug-likeness (QED) is 0.0736. The van der Waals surface area contributed by atoms with Crippen LogP contribution < -0.4 is 4.74 Å². The van der Waals surface area contributed by atoms with Crippen molar-refractivity contribution in [1.29, 1.82) is 0 Å². The maximum Gasteiger partial charge on any atom is 0.343 e. The minimum Gasteiger partial charge on any atom is -0.423 e. The topological polar surface area (TPSA) is 91.4 Å². The predicted molar refractivity (Wildman–Crippen MR) is 144 cm³/mol. The zero-order chi connectivity index (χ0) is 26.1. The summed E-state index contributed by atoms with van der Waals surface area (Å²) in [5.74, 6) is -0.664. The van der Waals surface area contributed by atoms with E-state index < -0.39 is 10.9 Å². The number of carbonyl (C=O) groups is 2. The van der Waals surface area contributed by atoms with E-state index >= 15 is 0 Å². The van der Waals surface area contributed by atoms with Gasteiger partial charge in [0.15, 0.2) is 5.78 Å². The molecule has 0 aliphatic rings.